The van der Waals surface area contributed by atoms with Gasteiger partial charge in [-0.1, -0.05) is 19.9 Å². The molecule has 0 aliphatic carbocycles. The van der Waals surface area contributed by atoms with E-state index in [1.165, 1.54) is 10.5 Å². The van der Waals surface area contributed by atoms with Crippen molar-refractivity contribution < 1.29 is 14.3 Å². The van der Waals surface area contributed by atoms with Crippen molar-refractivity contribution in [1.82, 2.24) is 10.2 Å². The standard InChI is InChI=1S/C24H31N3O3S/c1-7-9-26-22(29)18(21(28)25-23(26)31)12-16-11-17-15(3)14-24(4,5)27(10-8-2)19(17)13-20(16)30-6/h7,11-13,15H,1,8-10,14H2,2-6H3,(H,25,28,31)/b18-12+. The molecule has 7 heteroatoms. The van der Waals surface area contributed by atoms with Gasteiger partial charge >= 0.3 is 0 Å². The third kappa shape index (κ3) is 4.24. The largest absolute Gasteiger partial charge is 0.496 e. The van der Waals surface area contributed by atoms with Gasteiger partial charge in [-0.15, -0.1) is 6.58 Å². The van der Waals surface area contributed by atoms with Crippen molar-refractivity contribution in [3.05, 3.63) is 41.5 Å². The third-order valence-electron chi connectivity index (χ3n) is 5.98. The first-order valence-electron chi connectivity index (χ1n) is 10.6. The number of fused-ring (bicyclic) bond motifs is 1. The summed E-state index contributed by atoms with van der Waals surface area (Å²) in [5, 5.41) is 2.68. The van der Waals surface area contributed by atoms with E-state index in [0.717, 1.165) is 25.1 Å². The highest BCUT2D eigenvalue weighted by atomic mass is 32.1. The van der Waals surface area contributed by atoms with Gasteiger partial charge in [-0.2, -0.15) is 0 Å². The summed E-state index contributed by atoms with van der Waals surface area (Å²) in [6, 6.07) is 4.08. The van der Waals surface area contributed by atoms with Crippen LogP contribution in [0.2, 0.25) is 0 Å². The number of thiocarbonyl (C=S) groups is 1. The van der Waals surface area contributed by atoms with Crippen LogP contribution in [0.3, 0.4) is 0 Å². The van der Waals surface area contributed by atoms with Crippen LogP contribution in [0.5, 0.6) is 5.75 Å². The first kappa shape index (κ1) is 23.0. The maximum absolute atomic E-state index is 12.9. The highest BCUT2D eigenvalue weighted by Crippen LogP contribution is 2.46. The summed E-state index contributed by atoms with van der Waals surface area (Å²) in [6.07, 6.45) is 5.23. The Morgan fingerprint density at radius 2 is 2.06 bits per heavy atom. The van der Waals surface area contributed by atoms with Crippen LogP contribution in [0, 0.1) is 0 Å². The first-order chi connectivity index (χ1) is 14.6. The van der Waals surface area contributed by atoms with Gasteiger partial charge in [0.15, 0.2) is 5.11 Å². The Balaban J connectivity index is 2.12. The monoisotopic (exact) mass is 441 g/mol. The topological polar surface area (TPSA) is 61.9 Å². The maximum atomic E-state index is 12.9. The van der Waals surface area contributed by atoms with Crippen molar-refractivity contribution in [3.8, 4) is 5.75 Å². The Bertz CT molecular complexity index is 967. The fraction of sp³-hybridized carbons (Fsp3) is 0.458. The average Bonchev–Trinajstić information content (AvgIpc) is 2.70. The van der Waals surface area contributed by atoms with Gasteiger partial charge in [0.05, 0.1) is 7.11 Å². The molecule has 3 rings (SSSR count). The number of carbonyl (C=O) groups excluding carboxylic acids is 2. The molecule has 1 aromatic rings. The van der Waals surface area contributed by atoms with Crippen molar-refractivity contribution in [2.75, 3.05) is 25.1 Å². The van der Waals surface area contributed by atoms with Gasteiger partial charge in [0.2, 0.25) is 0 Å². The summed E-state index contributed by atoms with van der Waals surface area (Å²) >= 11 is 5.14. The van der Waals surface area contributed by atoms with Crippen molar-refractivity contribution in [2.24, 2.45) is 0 Å². The normalized spacial score (nSPS) is 21.8. The van der Waals surface area contributed by atoms with Gasteiger partial charge in [-0.3, -0.25) is 19.8 Å². The number of methoxy groups -OCH3 is 1. The van der Waals surface area contributed by atoms with Crippen LogP contribution >= 0.6 is 12.2 Å². The molecule has 166 valence electrons. The van der Waals surface area contributed by atoms with Crippen LogP contribution < -0.4 is 15.0 Å². The highest BCUT2D eigenvalue weighted by molar-refractivity contribution is 7.80. The van der Waals surface area contributed by atoms with Gasteiger partial charge in [-0.05, 0) is 62.5 Å². The average molecular weight is 442 g/mol. The molecule has 2 amide bonds. The molecule has 2 aliphatic rings. The molecule has 0 saturated carbocycles. The van der Waals surface area contributed by atoms with E-state index in [1.54, 1.807) is 19.3 Å². The molecule has 1 aromatic carbocycles. The second kappa shape index (κ2) is 8.83. The molecule has 2 heterocycles. The van der Waals surface area contributed by atoms with Crippen LogP contribution in [0.1, 0.15) is 57.6 Å². The molecule has 1 saturated heterocycles. The Kier molecular flexibility index (Phi) is 6.55. The van der Waals surface area contributed by atoms with Crippen molar-refractivity contribution in [3.63, 3.8) is 0 Å². The minimum absolute atomic E-state index is 0.0305. The van der Waals surface area contributed by atoms with E-state index < -0.39 is 11.8 Å². The minimum atomic E-state index is -0.503. The summed E-state index contributed by atoms with van der Waals surface area (Å²) in [4.78, 5) is 29.2. The lowest BCUT2D eigenvalue weighted by molar-refractivity contribution is -0.128. The summed E-state index contributed by atoms with van der Waals surface area (Å²) in [5.74, 6) is 0.0234. The van der Waals surface area contributed by atoms with Crippen LogP contribution in [0.15, 0.2) is 30.4 Å². The van der Waals surface area contributed by atoms with Crippen LogP contribution in [0.25, 0.3) is 6.08 Å². The molecular formula is C24H31N3O3S. The molecular weight excluding hydrogens is 410 g/mol. The molecule has 1 atom stereocenters. The highest BCUT2D eigenvalue weighted by Gasteiger charge is 2.37. The molecule has 1 unspecified atom stereocenters. The fourth-order valence-electron chi connectivity index (χ4n) is 4.61. The molecule has 1 N–H and O–H groups in total. The summed E-state index contributed by atoms with van der Waals surface area (Å²) in [7, 11) is 1.60. The SMILES string of the molecule is C=CCN1C(=O)/C(=C/c2cc3c(cc2OC)N(CCC)C(C)(C)CC3C)C(=O)NC1=S. The Hall–Kier alpha value is -2.67. The zero-order valence-corrected chi connectivity index (χ0v) is 19.8. The number of nitrogens with one attached hydrogen (secondary N) is 1. The first-order valence-corrected chi connectivity index (χ1v) is 11.0. The number of hydrogen-bond donors (Lipinski definition) is 1. The van der Waals surface area contributed by atoms with Crippen LogP contribution in [0.4, 0.5) is 5.69 Å². The maximum Gasteiger partial charge on any atom is 0.265 e. The van der Waals surface area contributed by atoms with Gasteiger partial charge in [0.1, 0.15) is 11.3 Å². The van der Waals surface area contributed by atoms with Crippen molar-refractivity contribution >= 4 is 40.9 Å². The number of amides is 2. The van der Waals surface area contributed by atoms with Gasteiger partial charge in [-0.25, -0.2) is 0 Å². The predicted molar refractivity (Wildman–Crippen MR) is 128 cm³/mol. The van der Waals surface area contributed by atoms with Crippen LogP contribution in [-0.2, 0) is 9.59 Å². The Labute approximate surface area is 189 Å². The van der Waals surface area contributed by atoms with Gasteiger partial charge < -0.3 is 9.64 Å². The summed E-state index contributed by atoms with van der Waals surface area (Å²) in [6.45, 7) is 13.8. The third-order valence-corrected chi connectivity index (χ3v) is 6.30. The number of rotatable bonds is 6. The van der Waals surface area contributed by atoms with E-state index in [9.17, 15) is 9.59 Å². The minimum Gasteiger partial charge on any atom is -0.496 e. The smallest absolute Gasteiger partial charge is 0.265 e. The molecule has 0 spiro atoms. The number of ether oxygens (including phenoxy) is 1. The van der Waals surface area contributed by atoms with E-state index in [-0.39, 0.29) is 22.8 Å². The Morgan fingerprint density at radius 3 is 2.68 bits per heavy atom. The Morgan fingerprint density at radius 1 is 1.35 bits per heavy atom. The van der Waals surface area contributed by atoms with Crippen molar-refractivity contribution in [1.29, 1.82) is 0 Å². The predicted octanol–water partition coefficient (Wildman–Crippen LogP) is 4.01. The lowest BCUT2D eigenvalue weighted by Gasteiger charge is -2.48. The van der Waals surface area contributed by atoms with E-state index >= 15 is 0 Å². The second-order valence-corrected chi connectivity index (χ2v) is 9.13. The molecule has 0 radical (unpaired) electrons. The molecule has 31 heavy (non-hydrogen) atoms. The lowest BCUT2D eigenvalue weighted by Crippen LogP contribution is -2.53. The second-order valence-electron chi connectivity index (χ2n) is 8.74. The molecule has 6 nitrogen and oxygen atoms in total. The van der Waals surface area contributed by atoms with E-state index in [4.69, 9.17) is 17.0 Å². The van der Waals surface area contributed by atoms with Gasteiger partial charge in [0.25, 0.3) is 11.8 Å². The number of carbonyl (C=O) groups is 2. The fourth-order valence-corrected chi connectivity index (χ4v) is 4.86. The summed E-state index contributed by atoms with van der Waals surface area (Å²) in [5.41, 5.74) is 3.12. The summed E-state index contributed by atoms with van der Waals surface area (Å²) < 4.78 is 5.68. The molecule has 1 fully saturated rings. The lowest BCUT2D eigenvalue weighted by atomic mass is 9.79. The molecule has 0 aromatic heterocycles. The number of hydrogen-bond acceptors (Lipinski definition) is 5. The quantitative estimate of drug-likeness (QED) is 0.313. The molecule has 0 bridgehead atoms. The number of anilines is 1. The van der Waals surface area contributed by atoms with Crippen molar-refractivity contribution in [2.45, 2.75) is 52.0 Å². The number of nitrogens with zero attached hydrogens (tertiary/aromatic N) is 2. The van der Waals surface area contributed by atoms with Gasteiger partial charge in [0, 0.05) is 35.9 Å². The van der Waals surface area contributed by atoms with E-state index in [1.807, 2.05) is 6.07 Å². The zero-order chi connectivity index (χ0) is 22.9. The van der Waals surface area contributed by atoms with E-state index in [2.05, 4.69) is 50.6 Å². The zero-order valence-electron chi connectivity index (χ0n) is 18.9. The number of benzene rings is 1. The van der Waals surface area contributed by atoms with Crippen LogP contribution in [-0.4, -0.2) is 47.6 Å². The molecule has 2 aliphatic heterocycles. The van der Waals surface area contributed by atoms with E-state index in [0.29, 0.717) is 17.2 Å².